The zero-order valence-corrected chi connectivity index (χ0v) is 10.5. The highest BCUT2D eigenvalue weighted by Crippen LogP contribution is 2.18. The van der Waals surface area contributed by atoms with Gasteiger partial charge in [-0.3, -0.25) is 0 Å². The molecule has 3 atom stereocenters. The van der Waals surface area contributed by atoms with Crippen LogP contribution in [0.2, 0.25) is 0 Å². The van der Waals surface area contributed by atoms with Gasteiger partial charge in [0.25, 0.3) is 0 Å². The van der Waals surface area contributed by atoms with Crippen LogP contribution >= 0.6 is 0 Å². The van der Waals surface area contributed by atoms with Gasteiger partial charge in [-0.05, 0) is 5.56 Å². The van der Waals surface area contributed by atoms with E-state index in [2.05, 4.69) is 0 Å². The van der Waals surface area contributed by atoms with Gasteiger partial charge in [-0.2, -0.15) is 0 Å². The molecule has 3 nitrogen and oxygen atoms in total. The summed E-state index contributed by atoms with van der Waals surface area (Å²) in [5, 5.41) is 18.4. The molecule has 0 heterocycles. The van der Waals surface area contributed by atoms with Crippen LogP contribution < -0.4 is 0 Å². The van der Waals surface area contributed by atoms with Gasteiger partial charge in [-0.15, -0.1) is 0 Å². The normalized spacial score (nSPS) is 16.5. The van der Waals surface area contributed by atoms with Gasteiger partial charge in [0.1, 0.15) is 0 Å². The highest BCUT2D eigenvalue weighted by molar-refractivity contribution is 5.13. The van der Waals surface area contributed by atoms with Crippen LogP contribution in [-0.4, -0.2) is 29.5 Å². The quantitative estimate of drug-likeness (QED) is 0.762. The summed E-state index contributed by atoms with van der Waals surface area (Å²) in [6.07, 6.45) is -0.120. The van der Waals surface area contributed by atoms with E-state index in [-0.39, 0.29) is 31.2 Å². The average molecular weight is 238 g/mol. The SMILES string of the molecule is C[C@H](CO)C(OCc1ccccc1)[C@@H](C)CO. The van der Waals surface area contributed by atoms with Crippen molar-refractivity contribution in [2.75, 3.05) is 13.2 Å². The molecule has 1 aromatic rings. The molecule has 0 bridgehead atoms. The molecule has 0 aromatic heterocycles. The second-order valence-electron chi connectivity index (χ2n) is 4.58. The molecule has 17 heavy (non-hydrogen) atoms. The number of aliphatic hydroxyl groups is 2. The molecular formula is C14H22O3. The first-order chi connectivity index (χ1) is 8.19. The first-order valence-corrected chi connectivity index (χ1v) is 6.06. The predicted molar refractivity (Wildman–Crippen MR) is 67.5 cm³/mol. The van der Waals surface area contributed by atoms with Crippen molar-refractivity contribution in [1.29, 1.82) is 0 Å². The molecular weight excluding hydrogens is 216 g/mol. The van der Waals surface area contributed by atoms with Crippen molar-refractivity contribution in [2.24, 2.45) is 11.8 Å². The molecule has 1 unspecified atom stereocenters. The van der Waals surface area contributed by atoms with Crippen LogP contribution in [0.3, 0.4) is 0 Å². The van der Waals surface area contributed by atoms with Crippen LogP contribution in [-0.2, 0) is 11.3 Å². The molecule has 3 heteroatoms. The van der Waals surface area contributed by atoms with E-state index in [0.717, 1.165) is 5.56 Å². The standard InChI is InChI=1S/C14H22O3/c1-11(8-15)14(12(2)9-16)17-10-13-6-4-3-5-7-13/h3-7,11-12,14-16H,8-10H2,1-2H3/t11-,12+,14?. The number of rotatable bonds is 7. The summed E-state index contributed by atoms with van der Waals surface area (Å²) in [6, 6.07) is 9.92. The Morgan fingerprint density at radius 2 is 1.53 bits per heavy atom. The Morgan fingerprint density at radius 1 is 1.00 bits per heavy atom. The van der Waals surface area contributed by atoms with Crippen LogP contribution in [0.5, 0.6) is 0 Å². The van der Waals surface area contributed by atoms with E-state index in [1.807, 2.05) is 44.2 Å². The van der Waals surface area contributed by atoms with Crippen molar-refractivity contribution in [3.63, 3.8) is 0 Å². The lowest BCUT2D eigenvalue weighted by molar-refractivity contribution is -0.0534. The Morgan fingerprint density at radius 3 is 2.00 bits per heavy atom. The Bertz CT molecular complexity index is 290. The van der Waals surface area contributed by atoms with Crippen LogP contribution in [0.4, 0.5) is 0 Å². The molecule has 0 aliphatic rings. The second-order valence-corrected chi connectivity index (χ2v) is 4.58. The van der Waals surface area contributed by atoms with Gasteiger partial charge in [0, 0.05) is 25.0 Å². The summed E-state index contributed by atoms with van der Waals surface area (Å²) < 4.78 is 5.81. The van der Waals surface area contributed by atoms with Crippen LogP contribution in [0.15, 0.2) is 30.3 Å². The maximum Gasteiger partial charge on any atom is 0.0720 e. The van der Waals surface area contributed by atoms with Gasteiger partial charge < -0.3 is 14.9 Å². The molecule has 0 aliphatic carbocycles. The van der Waals surface area contributed by atoms with E-state index in [4.69, 9.17) is 4.74 Å². The van der Waals surface area contributed by atoms with Crippen LogP contribution in [0, 0.1) is 11.8 Å². The number of ether oxygens (including phenoxy) is 1. The third-order valence-electron chi connectivity index (χ3n) is 2.98. The Balaban J connectivity index is 2.55. The minimum atomic E-state index is -0.120. The average Bonchev–Trinajstić information content (AvgIpc) is 2.39. The Kier molecular flexibility index (Phi) is 6.19. The van der Waals surface area contributed by atoms with E-state index in [1.54, 1.807) is 0 Å². The highest BCUT2D eigenvalue weighted by atomic mass is 16.5. The molecule has 1 rings (SSSR count). The maximum atomic E-state index is 9.19. The second kappa shape index (κ2) is 7.43. The fourth-order valence-electron chi connectivity index (χ4n) is 1.86. The largest absolute Gasteiger partial charge is 0.396 e. The third-order valence-corrected chi connectivity index (χ3v) is 2.98. The summed E-state index contributed by atoms with van der Waals surface area (Å²) in [4.78, 5) is 0. The molecule has 0 spiro atoms. The maximum absolute atomic E-state index is 9.19. The van der Waals surface area contributed by atoms with Crippen molar-refractivity contribution in [3.05, 3.63) is 35.9 Å². The van der Waals surface area contributed by atoms with Crippen molar-refractivity contribution in [2.45, 2.75) is 26.6 Å². The van der Waals surface area contributed by atoms with Crippen molar-refractivity contribution in [1.82, 2.24) is 0 Å². The molecule has 0 fully saturated rings. The van der Waals surface area contributed by atoms with Gasteiger partial charge in [0.2, 0.25) is 0 Å². The van der Waals surface area contributed by atoms with Gasteiger partial charge in [0.15, 0.2) is 0 Å². The third kappa shape index (κ3) is 4.46. The molecule has 0 saturated carbocycles. The fraction of sp³-hybridized carbons (Fsp3) is 0.571. The van der Waals surface area contributed by atoms with Gasteiger partial charge in [0.05, 0.1) is 12.7 Å². The minimum absolute atomic E-state index is 0.0286. The molecule has 0 saturated heterocycles. The van der Waals surface area contributed by atoms with E-state index < -0.39 is 0 Å². The van der Waals surface area contributed by atoms with Crippen LogP contribution in [0.1, 0.15) is 19.4 Å². The number of aliphatic hydroxyl groups excluding tert-OH is 2. The molecule has 0 amide bonds. The van der Waals surface area contributed by atoms with Crippen LogP contribution in [0.25, 0.3) is 0 Å². The lowest BCUT2D eigenvalue weighted by atomic mass is 9.94. The first-order valence-electron chi connectivity index (χ1n) is 6.06. The molecule has 0 aliphatic heterocycles. The zero-order valence-electron chi connectivity index (χ0n) is 10.5. The minimum Gasteiger partial charge on any atom is -0.396 e. The van der Waals surface area contributed by atoms with Gasteiger partial charge >= 0.3 is 0 Å². The summed E-state index contributed by atoms with van der Waals surface area (Å²) >= 11 is 0. The smallest absolute Gasteiger partial charge is 0.0720 e. The molecule has 2 N–H and O–H groups in total. The summed E-state index contributed by atoms with van der Waals surface area (Å²) in [7, 11) is 0. The number of hydrogen-bond donors (Lipinski definition) is 2. The van der Waals surface area contributed by atoms with Crippen molar-refractivity contribution < 1.29 is 14.9 Å². The van der Waals surface area contributed by atoms with Gasteiger partial charge in [-0.1, -0.05) is 44.2 Å². The fourth-order valence-corrected chi connectivity index (χ4v) is 1.86. The highest BCUT2D eigenvalue weighted by Gasteiger charge is 2.23. The van der Waals surface area contributed by atoms with E-state index in [0.29, 0.717) is 6.61 Å². The van der Waals surface area contributed by atoms with E-state index in [9.17, 15) is 10.2 Å². The first kappa shape index (κ1) is 14.2. The lowest BCUT2D eigenvalue weighted by Gasteiger charge is -2.27. The summed E-state index contributed by atoms with van der Waals surface area (Å²) in [6.45, 7) is 4.53. The topological polar surface area (TPSA) is 49.7 Å². The van der Waals surface area contributed by atoms with E-state index >= 15 is 0 Å². The predicted octanol–water partition coefficient (Wildman–Crippen LogP) is 1.83. The summed E-state index contributed by atoms with van der Waals surface area (Å²) in [5.41, 5.74) is 1.10. The monoisotopic (exact) mass is 238 g/mol. The Hall–Kier alpha value is -0.900. The van der Waals surface area contributed by atoms with Crippen molar-refractivity contribution >= 4 is 0 Å². The molecule has 96 valence electrons. The van der Waals surface area contributed by atoms with Crippen molar-refractivity contribution in [3.8, 4) is 0 Å². The van der Waals surface area contributed by atoms with Gasteiger partial charge in [-0.25, -0.2) is 0 Å². The lowest BCUT2D eigenvalue weighted by Crippen LogP contribution is -2.33. The number of hydrogen-bond acceptors (Lipinski definition) is 3. The summed E-state index contributed by atoms with van der Waals surface area (Å²) in [5.74, 6) is 0.0572. The Labute approximate surface area is 103 Å². The van der Waals surface area contributed by atoms with E-state index in [1.165, 1.54) is 0 Å². The molecule has 0 radical (unpaired) electrons. The zero-order chi connectivity index (χ0) is 12.7. The molecule has 1 aromatic carbocycles. The number of benzene rings is 1.